The van der Waals surface area contributed by atoms with Crippen LogP contribution in [-0.2, 0) is 0 Å². The first-order valence-electron chi connectivity index (χ1n) is 4.86. The number of carbonyl (C=O) groups is 1. The lowest BCUT2D eigenvalue weighted by Crippen LogP contribution is -1.88. The number of ketones is 1. The van der Waals surface area contributed by atoms with E-state index in [-0.39, 0.29) is 5.78 Å². The maximum Gasteiger partial charge on any atom is 0.159 e. The number of hydrogen-bond acceptors (Lipinski definition) is 1. The third kappa shape index (κ3) is 3.88. The van der Waals surface area contributed by atoms with E-state index in [0.717, 1.165) is 5.56 Å². The normalized spacial score (nSPS) is 13.6. The Morgan fingerprint density at radius 2 is 1.46 bits per heavy atom. The molecule has 0 spiro atoms. The molecule has 0 N–H and O–H groups in total. The molecule has 1 heteroatoms. The van der Waals surface area contributed by atoms with Crippen molar-refractivity contribution in [2.45, 2.75) is 32.6 Å². The molecule has 0 aromatic heterocycles. The Kier molecular flexibility index (Phi) is 4.24. The monoisotopic (exact) mass is 176 g/mol. The van der Waals surface area contributed by atoms with E-state index in [2.05, 4.69) is 0 Å². The average Bonchev–Trinajstić information content (AvgIpc) is 2.03. The van der Waals surface area contributed by atoms with Crippen molar-refractivity contribution in [3.8, 4) is 0 Å². The van der Waals surface area contributed by atoms with Gasteiger partial charge in [-0.25, -0.2) is 0 Å². The highest BCUT2D eigenvalue weighted by atomic mass is 16.1. The minimum absolute atomic E-state index is 0.121. The van der Waals surface area contributed by atoms with Crippen LogP contribution in [0.25, 0.3) is 0 Å². The lowest BCUT2D eigenvalue weighted by molar-refractivity contribution is 0.101. The van der Waals surface area contributed by atoms with E-state index in [1.54, 1.807) is 6.92 Å². The standard InChI is InChI=1S/C8H8O.C4H8/c1-7(9)8-5-3-2-4-6-8;1-2-4-3-1/h2-6H,1H3;1-4H2. The van der Waals surface area contributed by atoms with E-state index < -0.39 is 0 Å². The van der Waals surface area contributed by atoms with Gasteiger partial charge < -0.3 is 0 Å². The molecule has 70 valence electrons. The van der Waals surface area contributed by atoms with Gasteiger partial charge in [-0.05, 0) is 6.92 Å². The maximum absolute atomic E-state index is 10.6. The zero-order valence-corrected chi connectivity index (χ0v) is 8.12. The molecule has 0 aliphatic heterocycles. The topological polar surface area (TPSA) is 17.1 Å². The molecular weight excluding hydrogens is 160 g/mol. The molecule has 13 heavy (non-hydrogen) atoms. The van der Waals surface area contributed by atoms with Crippen LogP contribution in [0.15, 0.2) is 30.3 Å². The predicted molar refractivity (Wildman–Crippen MR) is 54.9 cm³/mol. The van der Waals surface area contributed by atoms with Gasteiger partial charge in [0, 0.05) is 5.56 Å². The second-order valence-corrected chi connectivity index (χ2v) is 3.34. The quantitative estimate of drug-likeness (QED) is 0.599. The van der Waals surface area contributed by atoms with E-state index in [9.17, 15) is 4.79 Å². The van der Waals surface area contributed by atoms with Crippen molar-refractivity contribution >= 4 is 5.78 Å². The second kappa shape index (κ2) is 5.52. The van der Waals surface area contributed by atoms with Gasteiger partial charge in [-0.2, -0.15) is 0 Å². The number of rotatable bonds is 1. The van der Waals surface area contributed by atoms with Crippen molar-refractivity contribution in [1.82, 2.24) is 0 Å². The first-order chi connectivity index (χ1) is 6.30. The van der Waals surface area contributed by atoms with E-state index in [4.69, 9.17) is 0 Å². The summed E-state index contributed by atoms with van der Waals surface area (Å²) in [6.45, 7) is 1.56. The molecule has 1 saturated carbocycles. The highest BCUT2D eigenvalue weighted by Gasteiger charge is 1.95. The van der Waals surface area contributed by atoms with E-state index >= 15 is 0 Å². The van der Waals surface area contributed by atoms with E-state index in [1.807, 2.05) is 30.3 Å². The summed E-state index contributed by atoms with van der Waals surface area (Å²) in [7, 11) is 0. The summed E-state index contributed by atoms with van der Waals surface area (Å²) >= 11 is 0. The Balaban J connectivity index is 0.000000175. The van der Waals surface area contributed by atoms with E-state index in [1.165, 1.54) is 25.7 Å². The molecule has 1 aliphatic rings. The van der Waals surface area contributed by atoms with Crippen molar-refractivity contribution in [2.75, 3.05) is 0 Å². The number of hydrogen-bond donors (Lipinski definition) is 0. The average molecular weight is 176 g/mol. The minimum Gasteiger partial charge on any atom is -0.295 e. The predicted octanol–water partition coefficient (Wildman–Crippen LogP) is 3.45. The molecule has 0 unspecified atom stereocenters. The largest absolute Gasteiger partial charge is 0.295 e. The van der Waals surface area contributed by atoms with Gasteiger partial charge in [0.25, 0.3) is 0 Å². The molecule has 0 saturated heterocycles. The Morgan fingerprint density at radius 3 is 1.69 bits per heavy atom. The van der Waals surface area contributed by atoms with Crippen LogP contribution in [0.3, 0.4) is 0 Å². The highest BCUT2D eigenvalue weighted by Crippen LogP contribution is 2.15. The summed E-state index contributed by atoms with van der Waals surface area (Å²) in [5.74, 6) is 0.121. The van der Waals surface area contributed by atoms with Crippen molar-refractivity contribution in [3.63, 3.8) is 0 Å². The molecule has 1 aromatic rings. The van der Waals surface area contributed by atoms with Crippen molar-refractivity contribution < 1.29 is 4.79 Å². The fourth-order valence-electron chi connectivity index (χ4n) is 0.923. The highest BCUT2D eigenvalue weighted by molar-refractivity contribution is 5.93. The molecule has 2 rings (SSSR count). The van der Waals surface area contributed by atoms with Gasteiger partial charge in [-0.3, -0.25) is 4.79 Å². The third-order valence-electron chi connectivity index (χ3n) is 2.18. The minimum atomic E-state index is 0.121. The van der Waals surface area contributed by atoms with Gasteiger partial charge in [0.1, 0.15) is 0 Å². The van der Waals surface area contributed by atoms with Crippen molar-refractivity contribution in [2.24, 2.45) is 0 Å². The van der Waals surface area contributed by atoms with Crippen LogP contribution in [0, 0.1) is 0 Å². The number of Topliss-reactive ketones (excluding diaryl/α,β-unsaturated/α-hetero) is 1. The summed E-state index contributed by atoms with van der Waals surface area (Å²) in [5.41, 5.74) is 0.775. The summed E-state index contributed by atoms with van der Waals surface area (Å²) in [4.78, 5) is 10.6. The van der Waals surface area contributed by atoms with Crippen LogP contribution >= 0.6 is 0 Å². The summed E-state index contributed by atoms with van der Waals surface area (Å²) in [6, 6.07) is 9.23. The fourth-order valence-corrected chi connectivity index (χ4v) is 0.923. The van der Waals surface area contributed by atoms with Gasteiger partial charge >= 0.3 is 0 Å². The molecule has 1 fully saturated rings. The van der Waals surface area contributed by atoms with Crippen LogP contribution in [0.5, 0.6) is 0 Å². The van der Waals surface area contributed by atoms with Gasteiger partial charge in [-0.1, -0.05) is 56.0 Å². The summed E-state index contributed by atoms with van der Waals surface area (Å²) in [6.07, 6.45) is 6.00. The van der Waals surface area contributed by atoms with Gasteiger partial charge in [-0.15, -0.1) is 0 Å². The molecule has 0 bridgehead atoms. The van der Waals surface area contributed by atoms with Crippen molar-refractivity contribution in [3.05, 3.63) is 35.9 Å². The molecule has 1 aromatic carbocycles. The lowest BCUT2D eigenvalue weighted by atomic mass is 10.0. The van der Waals surface area contributed by atoms with Crippen LogP contribution < -0.4 is 0 Å². The van der Waals surface area contributed by atoms with Crippen LogP contribution in [0.2, 0.25) is 0 Å². The molecule has 0 heterocycles. The zero-order chi connectivity index (χ0) is 9.52. The van der Waals surface area contributed by atoms with E-state index in [0.29, 0.717) is 0 Å². The zero-order valence-electron chi connectivity index (χ0n) is 8.12. The summed E-state index contributed by atoms with van der Waals surface area (Å²) < 4.78 is 0. The molecule has 0 amide bonds. The Morgan fingerprint density at radius 1 is 1.00 bits per heavy atom. The first kappa shape index (κ1) is 9.97. The Bertz CT molecular complexity index is 243. The van der Waals surface area contributed by atoms with Gasteiger partial charge in [0.15, 0.2) is 5.78 Å². The second-order valence-electron chi connectivity index (χ2n) is 3.34. The van der Waals surface area contributed by atoms with Gasteiger partial charge in [0.05, 0.1) is 0 Å². The maximum atomic E-state index is 10.6. The molecule has 0 radical (unpaired) electrons. The number of carbonyl (C=O) groups excluding carboxylic acids is 1. The first-order valence-corrected chi connectivity index (χ1v) is 4.86. The Hall–Kier alpha value is -1.11. The molecule has 1 aliphatic carbocycles. The van der Waals surface area contributed by atoms with Gasteiger partial charge in [0.2, 0.25) is 0 Å². The number of benzene rings is 1. The molecule has 1 nitrogen and oxygen atoms in total. The lowest BCUT2D eigenvalue weighted by Gasteiger charge is -2.05. The van der Waals surface area contributed by atoms with Crippen LogP contribution in [0.4, 0.5) is 0 Å². The Labute approximate surface area is 79.8 Å². The SMILES string of the molecule is C1CCC1.CC(=O)c1ccccc1. The molecule has 0 atom stereocenters. The van der Waals surface area contributed by atoms with Crippen LogP contribution in [-0.4, -0.2) is 5.78 Å². The van der Waals surface area contributed by atoms with Crippen molar-refractivity contribution in [1.29, 1.82) is 0 Å². The smallest absolute Gasteiger partial charge is 0.159 e. The van der Waals surface area contributed by atoms with Crippen LogP contribution in [0.1, 0.15) is 43.0 Å². The third-order valence-corrected chi connectivity index (χ3v) is 2.18. The molecular formula is C12H16O. The fraction of sp³-hybridized carbons (Fsp3) is 0.417. The summed E-state index contributed by atoms with van der Waals surface area (Å²) in [5, 5.41) is 0.